The summed E-state index contributed by atoms with van der Waals surface area (Å²) in [7, 11) is 0. The summed E-state index contributed by atoms with van der Waals surface area (Å²) in [6.45, 7) is 5.55. The number of fused-ring (bicyclic) bond motifs is 1. The lowest BCUT2D eigenvalue weighted by Gasteiger charge is -2.35. The van der Waals surface area contributed by atoms with Crippen LogP contribution in [0.3, 0.4) is 0 Å². The van der Waals surface area contributed by atoms with Crippen molar-refractivity contribution in [3.05, 3.63) is 63.7 Å². The van der Waals surface area contributed by atoms with Crippen molar-refractivity contribution in [2.24, 2.45) is 5.41 Å². The summed E-state index contributed by atoms with van der Waals surface area (Å²) in [5.41, 5.74) is -0.851. The SMILES string of the molecule is C[C@H]1[C@@H](c2cc(C(F)(F)F)cc(C(F)(F)F)c2)OC(=O)N1CC1=C(c2cc(CC(=O)O)cc3c2OCO3)CCC(C)(C)C1. The molecule has 2 heterocycles. The Kier molecular flexibility index (Phi) is 7.58. The standard InChI is InChI=1S/C30H29F6NO6/c1-15-25(17-9-19(29(31,32)33)11-20(10-17)30(34,35)36)43-27(40)37(15)13-18-12-28(2,3)5-4-21(18)22-6-16(8-24(38)39)7-23-26(22)42-14-41-23/h6-7,9-11,15,25H,4-5,8,12-14H2,1-3H3,(H,38,39)/t15-,25-/m0/s1. The molecule has 1 N–H and O–H groups in total. The van der Waals surface area contributed by atoms with Gasteiger partial charge in [-0.1, -0.05) is 13.8 Å². The van der Waals surface area contributed by atoms with E-state index in [1.54, 1.807) is 12.1 Å². The van der Waals surface area contributed by atoms with Gasteiger partial charge in [0.25, 0.3) is 0 Å². The topological polar surface area (TPSA) is 85.3 Å². The Labute approximate surface area is 243 Å². The van der Waals surface area contributed by atoms with Crippen molar-refractivity contribution >= 4 is 17.6 Å². The van der Waals surface area contributed by atoms with E-state index < -0.39 is 53.3 Å². The molecule has 43 heavy (non-hydrogen) atoms. The number of carboxylic acid groups (broad SMARTS) is 1. The van der Waals surface area contributed by atoms with Crippen LogP contribution in [0.5, 0.6) is 11.5 Å². The van der Waals surface area contributed by atoms with Gasteiger partial charge in [-0.15, -0.1) is 0 Å². The number of halogens is 6. The van der Waals surface area contributed by atoms with E-state index in [9.17, 15) is 41.0 Å². The molecule has 0 aromatic heterocycles. The van der Waals surface area contributed by atoms with E-state index >= 15 is 0 Å². The maximum Gasteiger partial charge on any atom is 0.416 e. The second-order valence-corrected chi connectivity index (χ2v) is 11.9. The minimum atomic E-state index is -5.05. The van der Waals surface area contributed by atoms with E-state index in [2.05, 4.69) is 0 Å². The maximum atomic E-state index is 13.5. The Morgan fingerprint density at radius 2 is 1.67 bits per heavy atom. The third-order valence-corrected chi connectivity index (χ3v) is 8.08. The number of aliphatic carboxylic acids is 1. The Morgan fingerprint density at radius 1 is 1.02 bits per heavy atom. The molecule has 232 valence electrons. The average molecular weight is 614 g/mol. The lowest BCUT2D eigenvalue weighted by molar-refractivity contribution is -0.143. The van der Waals surface area contributed by atoms with Crippen molar-refractivity contribution in [3.8, 4) is 11.5 Å². The van der Waals surface area contributed by atoms with Crippen molar-refractivity contribution in [1.29, 1.82) is 0 Å². The monoisotopic (exact) mass is 613 g/mol. The van der Waals surface area contributed by atoms with Crippen LogP contribution in [-0.2, 0) is 28.3 Å². The van der Waals surface area contributed by atoms with Crippen LogP contribution in [0.2, 0.25) is 0 Å². The van der Waals surface area contributed by atoms with Crippen molar-refractivity contribution in [2.45, 2.75) is 71.0 Å². The smallest absolute Gasteiger partial charge is 0.416 e. The highest BCUT2D eigenvalue weighted by atomic mass is 19.4. The van der Waals surface area contributed by atoms with Gasteiger partial charge in [0.05, 0.1) is 23.6 Å². The van der Waals surface area contributed by atoms with Gasteiger partial charge >= 0.3 is 24.4 Å². The molecule has 13 heteroatoms. The predicted octanol–water partition coefficient (Wildman–Crippen LogP) is 7.63. The number of allylic oxidation sites excluding steroid dienone is 1. The van der Waals surface area contributed by atoms with E-state index in [1.165, 1.54) is 11.8 Å². The fraction of sp³-hybridized carbons (Fsp3) is 0.467. The highest BCUT2D eigenvalue weighted by Crippen LogP contribution is 2.49. The Balaban J connectivity index is 1.53. The quantitative estimate of drug-likeness (QED) is 0.338. The number of rotatable bonds is 6. The van der Waals surface area contributed by atoms with E-state index in [0.29, 0.717) is 47.6 Å². The molecule has 0 unspecified atom stereocenters. The number of carboxylic acids is 1. The first-order chi connectivity index (χ1) is 19.9. The normalized spacial score (nSPS) is 21.8. The maximum absolute atomic E-state index is 13.5. The predicted molar refractivity (Wildman–Crippen MR) is 140 cm³/mol. The molecule has 1 fully saturated rings. The van der Waals surface area contributed by atoms with Crippen LogP contribution < -0.4 is 9.47 Å². The number of nitrogens with zero attached hydrogens (tertiary/aromatic N) is 1. The molecule has 0 saturated carbocycles. The number of hydrogen-bond donors (Lipinski definition) is 1. The van der Waals surface area contributed by atoms with Gasteiger partial charge in [0.2, 0.25) is 6.79 Å². The number of alkyl halides is 6. The number of ether oxygens (including phenoxy) is 3. The van der Waals surface area contributed by atoms with Crippen molar-refractivity contribution in [3.63, 3.8) is 0 Å². The number of hydrogen-bond acceptors (Lipinski definition) is 5. The van der Waals surface area contributed by atoms with Crippen LogP contribution in [0.1, 0.15) is 74.0 Å². The summed E-state index contributed by atoms with van der Waals surface area (Å²) in [6, 6.07) is 3.60. The molecule has 1 amide bonds. The molecule has 2 aromatic carbocycles. The van der Waals surface area contributed by atoms with Gasteiger partial charge in [-0.05, 0) is 84.2 Å². The summed E-state index contributed by atoms with van der Waals surface area (Å²) in [4.78, 5) is 25.8. The van der Waals surface area contributed by atoms with Crippen LogP contribution >= 0.6 is 0 Å². The van der Waals surface area contributed by atoms with E-state index in [-0.39, 0.29) is 31.2 Å². The van der Waals surface area contributed by atoms with Gasteiger partial charge in [0.1, 0.15) is 6.10 Å². The molecule has 3 aliphatic rings. The number of benzene rings is 2. The number of carbonyl (C=O) groups is 2. The summed E-state index contributed by atoms with van der Waals surface area (Å²) in [5.74, 6) is -0.198. The minimum absolute atomic E-state index is 0.000852. The molecule has 0 bridgehead atoms. The summed E-state index contributed by atoms with van der Waals surface area (Å²) >= 11 is 0. The van der Waals surface area contributed by atoms with Crippen LogP contribution in [-0.4, -0.2) is 41.4 Å². The fourth-order valence-corrected chi connectivity index (χ4v) is 5.97. The van der Waals surface area contributed by atoms with Gasteiger partial charge in [0, 0.05) is 12.1 Å². The van der Waals surface area contributed by atoms with Gasteiger partial charge in [0.15, 0.2) is 11.5 Å². The third kappa shape index (κ3) is 6.25. The zero-order chi connectivity index (χ0) is 31.5. The van der Waals surface area contributed by atoms with E-state index in [1.807, 2.05) is 13.8 Å². The summed E-state index contributed by atoms with van der Waals surface area (Å²) in [5, 5.41) is 9.36. The van der Waals surface area contributed by atoms with Crippen molar-refractivity contribution in [1.82, 2.24) is 4.90 Å². The highest BCUT2D eigenvalue weighted by Gasteiger charge is 2.44. The van der Waals surface area contributed by atoms with Gasteiger partial charge < -0.3 is 19.3 Å². The molecule has 1 saturated heterocycles. The van der Waals surface area contributed by atoms with Crippen LogP contribution in [0.15, 0.2) is 35.9 Å². The molecule has 1 aliphatic carbocycles. The molecular weight excluding hydrogens is 584 g/mol. The Hall–Kier alpha value is -3.90. The van der Waals surface area contributed by atoms with Crippen molar-refractivity contribution < 1.29 is 55.2 Å². The first-order valence-electron chi connectivity index (χ1n) is 13.6. The molecular formula is C30H29F6NO6. The van der Waals surface area contributed by atoms with Gasteiger partial charge in [-0.25, -0.2) is 4.79 Å². The van der Waals surface area contributed by atoms with Gasteiger partial charge in [-0.2, -0.15) is 26.3 Å². The first kappa shape index (κ1) is 30.6. The number of carbonyl (C=O) groups excluding carboxylic acids is 1. The molecule has 7 nitrogen and oxygen atoms in total. The Morgan fingerprint density at radius 3 is 2.28 bits per heavy atom. The van der Waals surface area contributed by atoms with Crippen LogP contribution in [0.25, 0.3) is 5.57 Å². The summed E-state index contributed by atoms with van der Waals surface area (Å²) < 4.78 is 97.7. The largest absolute Gasteiger partial charge is 0.481 e. The average Bonchev–Trinajstić information content (AvgIpc) is 3.46. The fourth-order valence-electron chi connectivity index (χ4n) is 5.97. The number of cyclic esters (lactones) is 1. The molecule has 0 spiro atoms. The minimum Gasteiger partial charge on any atom is -0.481 e. The van der Waals surface area contributed by atoms with Crippen LogP contribution in [0.4, 0.5) is 31.1 Å². The second kappa shape index (κ2) is 10.7. The molecule has 5 rings (SSSR count). The summed E-state index contributed by atoms with van der Waals surface area (Å²) in [6.07, 6.45) is -10.8. The van der Waals surface area contributed by atoms with E-state index in [4.69, 9.17) is 14.2 Å². The third-order valence-electron chi connectivity index (χ3n) is 8.08. The first-order valence-corrected chi connectivity index (χ1v) is 13.6. The molecule has 2 atom stereocenters. The van der Waals surface area contributed by atoms with Crippen molar-refractivity contribution in [2.75, 3.05) is 13.3 Å². The number of amides is 1. The second-order valence-electron chi connectivity index (χ2n) is 11.9. The highest BCUT2D eigenvalue weighted by molar-refractivity contribution is 5.80. The van der Waals surface area contributed by atoms with Gasteiger partial charge in [-0.3, -0.25) is 9.69 Å². The zero-order valence-electron chi connectivity index (χ0n) is 23.5. The zero-order valence-corrected chi connectivity index (χ0v) is 23.5. The lowest BCUT2D eigenvalue weighted by Crippen LogP contribution is -2.35. The molecule has 0 radical (unpaired) electrons. The Bertz CT molecular complexity index is 1460. The molecule has 2 aliphatic heterocycles. The van der Waals surface area contributed by atoms with Crippen LogP contribution in [0, 0.1) is 5.41 Å². The van der Waals surface area contributed by atoms with E-state index in [0.717, 1.165) is 17.6 Å². The lowest BCUT2D eigenvalue weighted by atomic mass is 9.72. The molecule has 2 aromatic rings.